The Bertz CT molecular complexity index is 617. The molecule has 0 aromatic carbocycles. The molecule has 4 nitrogen and oxygen atoms in total. The molecular formula is C14H16BrNO3. The molecule has 2 rings (SSSR count). The number of carboxylic acid groups (broad SMARTS) is 1. The van der Waals surface area contributed by atoms with Crippen molar-refractivity contribution in [1.29, 1.82) is 0 Å². The van der Waals surface area contributed by atoms with Crippen LogP contribution in [0, 0.1) is 6.92 Å². The zero-order chi connectivity index (χ0) is 14.6. The Hall–Kier alpha value is -1.62. The highest BCUT2D eigenvalue weighted by Gasteiger charge is 2.14. The smallest absolute Gasteiger partial charge is 0.290 e. The Balaban J connectivity index is 0.000000550. The van der Waals surface area contributed by atoms with E-state index in [0.29, 0.717) is 0 Å². The van der Waals surface area contributed by atoms with Gasteiger partial charge in [-0.05, 0) is 52.5 Å². The number of aromatic nitrogens is 1. The molecule has 0 spiro atoms. The van der Waals surface area contributed by atoms with Crippen molar-refractivity contribution in [2.45, 2.75) is 27.2 Å². The summed E-state index contributed by atoms with van der Waals surface area (Å²) in [7, 11) is 0. The zero-order valence-corrected chi connectivity index (χ0v) is 12.7. The van der Waals surface area contributed by atoms with Crippen molar-refractivity contribution >= 4 is 33.7 Å². The second-order valence-corrected chi connectivity index (χ2v) is 4.93. The molecule has 0 fully saturated rings. The van der Waals surface area contributed by atoms with Gasteiger partial charge in [-0.3, -0.25) is 9.59 Å². The van der Waals surface area contributed by atoms with E-state index in [9.17, 15) is 4.79 Å². The van der Waals surface area contributed by atoms with Crippen LogP contribution in [0.4, 0.5) is 0 Å². The summed E-state index contributed by atoms with van der Waals surface area (Å²) >= 11 is 3.51. The maximum absolute atomic E-state index is 11.7. The minimum Gasteiger partial charge on any atom is -0.483 e. The van der Waals surface area contributed by atoms with Crippen molar-refractivity contribution < 1.29 is 14.7 Å². The maximum atomic E-state index is 11.7. The molecule has 5 heteroatoms. The van der Waals surface area contributed by atoms with Crippen LogP contribution in [0.25, 0.3) is 5.52 Å². The minimum absolute atomic E-state index is 0.112. The number of hydrogen-bond acceptors (Lipinski definition) is 2. The number of rotatable bonds is 2. The van der Waals surface area contributed by atoms with Gasteiger partial charge in [0.1, 0.15) is 0 Å². The molecule has 0 saturated carbocycles. The average molecular weight is 326 g/mol. The lowest BCUT2D eigenvalue weighted by molar-refractivity contribution is -0.122. The van der Waals surface area contributed by atoms with Crippen LogP contribution in [-0.2, 0) is 11.2 Å². The van der Waals surface area contributed by atoms with Crippen LogP contribution in [0.2, 0.25) is 0 Å². The molecular weight excluding hydrogens is 310 g/mol. The molecule has 0 unspecified atom stereocenters. The van der Waals surface area contributed by atoms with Gasteiger partial charge in [0.05, 0.1) is 11.2 Å². The number of aryl methyl sites for hydroxylation is 1. The van der Waals surface area contributed by atoms with E-state index in [1.165, 1.54) is 5.56 Å². The van der Waals surface area contributed by atoms with Crippen molar-refractivity contribution in [3.8, 4) is 0 Å². The van der Waals surface area contributed by atoms with Gasteiger partial charge in [-0.25, -0.2) is 0 Å². The van der Waals surface area contributed by atoms with E-state index < -0.39 is 0 Å². The number of hydrogen-bond donors (Lipinski definition) is 1. The van der Waals surface area contributed by atoms with Gasteiger partial charge in [0.15, 0.2) is 5.78 Å². The highest BCUT2D eigenvalue weighted by atomic mass is 79.9. The Labute approximate surface area is 120 Å². The fraction of sp³-hybridized carbons (Fsp3) is 0.286. The van der Waals surface area contributed by atoms with Crippen LogP contribution in [0.5, 0.6) is 0 Å². The summed E-state index contributed by atoms with van der Waals surface area (Å²) in [4.78, 5) is 20.1. The lowest BCUT2D eigenvalue weighted by atomic mass is 10.0. The number of fused-ring (bicyclic) bond motifs is 1. The van der Waals surface area contributed by atoms with Crippen LogP contribution in [0.1, 0.15) is 35.5 Å². The minimum atomic E-state index is -0.250. The van der Waals surface area contributed by atoms with Crippen molar-refractivity contribution in [2.75, 3.05) is 0 Å². The molecule has 19 heavy (non-hydrogen) atoms. The zero-order valence-electron chi connectivity index (χ0n) is 11.1. The number of pyridine rings is 1. The fourth-order valence-corrected chi connectivity index (χ4v) is 2.58. The van der Waals surface area contributed by atoms with Crippen LogP contribution in [0.3, 0.4) is 0 Å². The van der Waals surface area contributed by atoms with Gasteiger partial charge in [-0.15, -0.1) is 0 Å². The predicted octanol–water partition coefficient (Wildman–Crippen LogP) is 3.48. The van der Waals surface area contributed by atoms with Crippen molar-refractivity contribution in [1.82, 2.24) is 4.40 Å². The Morgan fingerprint density at radius 1 is 1.53 bits per heavy atom. The van der Waals surface area contributed by atoms with E-state index in [4.69, 9.17) is 9.90 Å². The lowest BCUT2D eigenvalue weighted by Gasteiger charge is -2.11. The highest BCUT2D eigenvalue weighted by molar-refractivity contribution is 9.10. The van der Waals surface area contributed by atoms with Gasteiger partial charge in [0.2, 0.25) is 0 Å². The molecule has 2 aromatic heterocycles. The Morgan fingerprint density at radius 2 is 2.11 bits per heavy atom. The standard InChI is InChI=1S/C13H14BrNO.CH2O2/c1-4-10-7-12-11(14)5-6-15(12)13(8(10)2)9(3)16;2-1-3/h5-7H,4H2,1-3H3;1H,(H,2,3). The number of carbonyl (C=O) groups excluding carboxylic acids is 1. The van der Waals surface area contributed by atoms with E-state index in [-0.39, 0.29) is 12.3 Å². The Morgan fingerprint density at radius 3 is 2.58 bits per heavy atom. The summed E-state index contributed by atoms with van der Waals surface area (Å²) in [6, 6.07) is 4.12. The number of carbonyl (C=O) groups is 2. The average Bonchev–Trinajstić information content (AvgIpc) is 2.70. The fourth-order valence-electron chi connectivity index (χ4n) is 2.16. The van der Waals surface area contributed by atoms with Gasteiger partial charge in [-0.1, -0.05) is 6.92 Å². The van der Waals surface area contributed by atoms with Crippen LogP contribution >= 0.6 is 15.9 Å². The first-order valence-corrected chi connectivity index (χ1v) is 6.65. The first-order valence-electron chi connectivity index (χ1n) is 5.85. The molecule has 0 atom stereocenters. The number of ketones is 1. The largest absolute Gasteiger partial charge is 0.483 e. The highest BCUT2D eigenvalue weighted by Crippen LogP contribution is 2.26. The van der Waals surface area contributed by atoms with Crippen LogP contribution < -0.4 is 0 Å². The van der Waals surface area contributed by atoms with Gasteiger partial charge in [0, 0.05) is 17.6 Å². The van der Waals surface area contributed by atoms with Crippen molar-refractivity contribution in [3.63, 3.8) is 0 Å². The number of nitrogens with zero attached hydrogens (tertiary/aromatic N) is 1. The van der Waals surface area contributed by atoms with Crippen molar-refractivity contribution in [2.24, 2.45) is 0 Å². The van der Waals surface area contributed by atoms with E-state index in [1.54, 1.807) is 6.92 Å². The van der Waals surface area contributed by atoms with Crippen molar-refractivity contribution in [3.05, 3.63) is 39.6 Å². The number of halogens is 1. The molecule has 0 saturated heterocycles. The number of Topliss-reactive ketones (excluding diaryl/α,β-unsaturated/α-hetero) is 1. The second kappa shape index (κ2) is 6.52. The summed E-state index contributed by atoms with van der Waals surface area (Å²) in [6.07, 6.45) is 2.88. The van der Waals surface area contributed by atoms with Gasteiger partial charge < -0.3 is 9.51 Å². The molecule has 102 valence electrons. The molecule has 0 aliphatic rings. The summed E-state index contributed by atoms with van der Waals surface area (Å²) < 4.78 is 2.99. The third kappa shape index (κ3) is 3.04. The van der Waals surface area contributed by atoms with E-state index in [2.05, 4.69) is 28.9 Å². The molecule has 0 bridgehead atoms. The summed E-state index contributed by atoms with van der Waals surface area (Å²) in [5.74, 6) is 0.112. The molecule has 0 amide bonds. The normalized spacial score (nSPS) is 9.89. The third-order valence-corrected chi connectivity index (χ3v) is 3.65. The van der Waals surface area contributed by atoms with E-state index in [1.807, 2.05) is 23.6 Å². The van der Waals surface area contributed by atoms with E-state index >= 15 is 0 Å². The van der Waals surface area contributed by atoms with Crippen LogP contribution in [-0.4, -0.2) is 21.8 Å². The lowest BCUT2D eigenvalue weighted by Crippen LogP contribution is -2.07. The SMILES string of the molecule is CCc1cc2c(Br)ccn2c(C(C)=O)c1C.O=CO. The first-order chi connectivity index (χ1) is 8.97. The summed E-state index contributed by atoms with van der Waals surface area (Å²) in [6.45, 7) is 5.50. The maximum Gasteiger partial charge on any atom is 0.290 e. The quantitative estimate of drug-likeness (QED) is 0.679. The first kappa shape index (κ1) is 15.4. The van der Waals surface area contributed by atoms with Crippen LogP contribution in [0.15, 0.2) is 22.8 Å². The molecule has 1 N–H and O–H groups in total. The van der Waals surface area contributed by atoms with Gasteiger partial charge in [-0.2, -0.15) is 0 Å². The monoisotopic (exact) mass is 325 g/mol. The second-order valence-electron chi connectivity index (χ2n) is 4.08. The Kier molecular flexibility index (Phi) is 5.30. The predicted molar refractivity (Wildman–Crippen MR) is 77.9 cm³/mol. The molecule has 2 heterocycles. The van der Waals surface area contributed by atoms with E-state index in [0.717, 1.165) is 27.7 Å². The molecule has 0 radical (unpaired) electrons. The molecule has 0 aliphatic heterocycles. The summed E-state index contributed by atoms with van der Waals surface area (Å²) in [5, 5.41) is 6.89. The van der Waals surface area contributed by atoms with Gasteiger partial charge >= 0.3 is 0 Å². The van der Waals surface area contributed by atoms with Gasteiger partial charge in [0.25, 0.3) is 6.47 Å². The third-order valence-electron chi connectivity index (χ3n) is 2.98. The molecule has 0 aliphatic carbocycles. The topological polar surface area (TPSA) is 58.8 Å². The molecule has 2 aromatic rings. The summed E-state index contributed by atoms with van der Waals surface area (Å²) in [5.41, 5.74) is 4.18.